The molecule has 0 bridgehead atoms. The number of hydrogen-bond acceptors (Lipinski definition) is 5. The molecule has 0 saturated heterocycles. The first kappa shape index (κ1) is 10.2. The van der Waals surface area contributed by atoms with Crippen molar-refractivity contribution in [1.82, 2.24) is 9.97 Å². The van der Waals surface area contributed by atoms with Crippen LogP contribution in [0.4, 0.5) is 5.95 Å². The number of methoxy groups -OCH3 is 1. The molecule has 0 radical (unpaired) electrons. The maximum atomic E-state index is 10.2. The van der Waals surface area contributed by atoms with E-state index in [1.807, 2.05) is 0 Å². The number of aromatic nitrogens is 2. The van der Waals surface area contributed by atoms with Crippen LogP contribution < -0.4 is 10.1 Å². The minimum atomic E-state index is -0.861. The SMILES string of the molecule is COc1ccnc(NCCC(=O)O)n1. The third-order valence-corrected chi connectivity index (χ3v) is 1.46. The number of anilines is 1. The number of nitrogens with one attached hydrogen (secondary N) is 1. The Kier molecular flexibility index (Phi) is 3.66. The molecule has 0 spiro atoms. The van der Waals surface area contributed by atoms with Crippen molar-refractivity contribution in [3.8, 4) is 5.88 Å². The zero-order valence-electron chi connectivity index (χ0n) is 7.73. The third-order valence-electron chi connectivity index (χ3n) is 1.46. The predicted octanol–water partition coefficient (Wildman–Crippen LogP) is 0.372. The van der Waals surface area contributed by atoms with E-state index in [2.05, 4.69) is 15.3 Å². The van der Waals surface area contributed by atoms with Crippen LogP contribution in [0.15, 0.2) is 12.3 Å². The Morgan fingerprint density at radius 3 is 3.14 bits per heavy atom. The fourth-order valence-electron chi connectivity index (χ4n) is 0.822. The van der Waals surface area contributed by atoms with Gasteiger partial charge in [0.2, 0.25) is 11.8 Å². The number of carbonyl (C=O) groups is 1. The monoisotopic (exact) mass is 197 g/mol. The lowest BCUT2D eigenvalue weighted by molar-refractivity contribution is -0.136. The van der Waals surface area contributed by atoms with Gasteiger partial charge < -0.3 is 15.2 Å². The summed E-state index contributed by atoms with van der Waals surface area (Å²) < 4.78 is 4.87. The molecule has 14 heavy (non-hydrogen) atoms. The molecule has 0 aromatic carbocycles. The molecule has 1 aromatic rings. The summed E-state index contributed by atoms with van der Waals surface area (Å²) in [7, 11) is 1.50. The Balaban J connectivity index is 2.46. The van der Waals surface area contributed by atoms with E-state index >= 15 is 0 Å². The normalized spacial score (nSPS) is 9.50. The molecule has 2 N–H and O–H groups in total. The number of hydrogen-bond donors (Lipinski definition) is 2. The Bertz CT molecular complexity index is 316. The summed E-state index contributed by atoms with van der Waals surface area (Å²) in [4.78, 5) is 18.0. The second kappa shape index (κ2) is 5.00. The van der Waals surface area contributed by atoms with Gasteiger partial charge in [0, 0.05) is 18.8 Å². The van der Waals surface area contributed by atoms with Crippen molar-refractivity contribution < 1.29 is 14.6 Å². The zero-order chi connectivity index (χ0) is 10.4. The first-order chi connectivity index (χ1) is 6.72. The van der Waals surface area contributed by atoms with Crippen molar-refractivity contribution in [3.63, 3.8) is 0 Å². The van der Waals surface area contributed by atoms with Crippen LogP contribution in [0.3, 0.4) is 0 Å². The molecule has 0 atom stereocenters. The standard InChI is InChI=1S/C8H11N3O3/c1-14-6-2-4-9-8(11-6)10-5-3-7(12)13/h2,4H,3,5H2,1H3,(H,12,13)(H,9,10,11). The van der Waals surface area contributed by atoms with Crippen molar-refractivity contribution in [1.29, 1.82) is 0 Å². The second-order valence-corrected chi connectivity index (χ2v) is 2.49. The highest BCUT2D eigenvalue weighted by Crippen LogP contribution is 2.06. The molecule has 0 saturated carbocycles. The van der Waals surface area contributed by atoms with E-state index in [1.165, 1.54) is 13.3 Å². The van der Waals surface area contributed by atoms with E-state index < -0.39 is 5.97 Å². The van der Waals surface area contributed by atoms with Gasteiger partial charge in [-0.15, -0.1) is 0 Å². The van der Waals surface area contributed by atoms with Crippen LogP contribution in [0, 0.1) is 0 Å². The minimum absolute atomic E-state index is 0.0283. The van der Waals surface area contributed by atoms with Crippen LogP contribution >= 0.6 is 0 Å². The molecule has 1 aromatic heterocycles. The van der Waals surface area contributed by atoms with E-state index in [9.17, 15) is 4.79 Å². The molecule has 1 rings (SSSR count). The van der Waals surface area contributed by atoms with E-state index in [-0.39, 0.29) is 6.42 Å². The number of nitrogens with zero attached hydrogens (tertiary/aromatic N) is 2. The van der Waals surface area contributed by atoms with Crippen molar-refractivity contribution in [2.24, 2.45) is 0 Å². The highest BCUT2D eigenvalue weighted by atomic mass is 16.5. The Morgan fingerprint density at radius 2 is 2.50 bits per heavy atom. The van der Waals surface area contributed by atoms with Gasteiger partial charge in [0.25, 0.3) is 0 Å². The molecule has 0 aliphatic rings. The van der Waals surface area contributed by atoms with Gasteiger partial charge in [-0.1, -0.05) is 0 Å². The third kappa shape index (κ3) is 3.26. The van der Waals surface area contributed by atoms with Crippen molar-refractivity contribution in [2.75, 3.05) is 19.0 Å². The van der Waals surface area contributed by atoms with E-state index in [4.69, 9.17) is 9.84 Å². The van der Waals surface area contributed by atoms with Crippen molar-refractivity contribution >= 4 is 11.9 Å². The Hall–Kier alpha value is -1.85. The summed E-state index contributed by atoms with van der Waals surface area (Å²) in [5.74, 6) is -0.0520. The molecule has 0 unspecified atom stereocenters. The van der Waals surface area contributed by atoms with Gasteiger partial charge in [-0.2, -0.15) is 4.98 Å². The highest BCUT2D eigenvalue weighted by molar-refractivity contribution is 5.67. The summed E-state index contributed by atoms with van der Waals surface area (Å²) >= 11 is 0. The molecular weight excluding hydrogens is 186 g/mol. The smallest absolute Gasteiger partial charge is 0.305 e. The number of rotatable bonds is 5. The van der Waals surface area contributed by atoms with Crippen molar-refractivity contribution in [2.45, 2.75) is 6.42 Å². The van der Waals surface area contributed by atoms with E-state index in [0.29, 0.717) is 18.4 Å². The molecule has 6 heteroatoms. The van der Waals surface area contributed by atoms with Gasteiger partial charge in [0.1, 0.15) is 0 Å². The zero-order valence-corrected chi connectivity index (χ0v) is 7.73. The van der Waals surface area contributed by atoms with E-state index in [0.717, 1.165) is 0 Å². The average Bonchev–Trinajstić information content (AvgIpc) is 2.18. The Morgan fingerprint density at radius 1 is 1.71 bits per heavy atom. The van der Waals surface area contributed by atoms with Gasteiger partial charge in [0.15, 0.2) is 0 Å². The number of aliphatic carboxylic acids is 1. The number of carboxylic acid groups (broad SMARTS) is 1. The van der Waals surface area contributed by atoms with Crippen LogP contribution in [0.5, 0.6) is 5.88 Å². The predicted molar refractivity (Wildman–Crippen MR) is 49.3 cm³/mol. The molecular formula is C8H11N3O3. The minimum Gasteiger partial charge on any atom is -0.481 e. The number of carboxylic acids is 1. The summed E-state index contributed by atoms with van der Waals surface area (Å²) in [5.41, 5.74) is 0. The van der Waals surface area contributed by atoms with Gasteiger partial charge in [-0.25, -0.2) is 4.98 Å². The second-order valence-electron chi connectivity index (χ2n) is 2.49. The summed E-state index contributed by atoms with van der Waals surface area (Å²) in [6.07, 6.45) is 1.56. The highest BCUT2D eigenvalue weighted by Gasteiger charge is 1.99. The lowest BCUT2D eigenvalue weighted by atomic mass is 10.4. The quantitative estimate of drug-likeness (QED) is 0.709. The fraction of sp³-hybridized carbons (Fsp3) is 0.375. The summed E-state index contributed by atoms with van der Waals surface area (Å²) in [5, 5.41) is 11.2. The molecule has 0 aliphatic heterocycles. The topological polar surface area (TPSA) is 84.3 Å². The summed E-state index contributed by atoms with van der Waals surface area (Å²) in [6, 6.07) is 1.61. The summed E-state index contributed by atoms with van der Waals surface area (Å²) in [6.45, 7) is 0.294. The van der Waals surface area contributed by atoms with Gasteiger partial charge in [-0.05, 0) is 0 Å². The Labute approximate surface area is 80.9 Å². The van der Waals surface area contributed by atoms with Crippen LogP contribution in [0.25, 0.3) is 0 Å². The molecule has 0 fully saturated rings. The van der Waals surface area contributed by atoms with Crippen LogP contribution in [-0.4, -0.2) is 34.7 Å². The molecule has 6 nitrogen and oxygen atoms in total. The van der Waals surface area contributed by atoms with Crippen LogP contribution in [-0.2, 0) is 4.79 Å². The fourth-order valence-corrected chi connectivity index (χ4v) is 0.822. The largest absolute Gasteiger partial charge is 0.481 e. The van der Waals surface area contributed by atoms with Gasteiger partial charge >= 0.3 is 5.97 Å². The van der Waals surface area contributed by atoms with Crippen LogP contribution in [0.2, 0.25) is 0 Å². The lowest BCUT2D eigenvalue weighted by Crippen LogP contribution is -2.09. The maximum absolute atomic E-state index is 10.2. The first-order valence-corrected chi connectivity index (χ1v) is 4.05. The lowest BCUT2D eigenvalue weighted by Gasteiger charge is -2.03. The van der Waals surface area contributed by atoms with E-state index in [1.54, 1.807) is 6.07 Å². The van der Waals surface area contributed by atoms with Crippen molar-refractivity contribution in [3.05, 3.63) is 12.3 Å². The van der Waals surface area contributed by atoms with Crippen LogP contribution in [0.1, 0.15) is 6.42 Å². The molecule has 0 amide bonds. The van der Waals surface area contributed by atoms with Gasteiger partial charge in [-0.3, -0.25) is 4.79 Å². The molecule has 1 heterocycles. The first-order valence-electron chi connectivity index (χ1n) is 4.05. The maximum Gasteiger partial charge on any atom is 0.305 e. The average molecular weight is 197 g/mol. The number of ether oxygens (including phenoxy) is 1. The van der Waals surface area contributed by atoms with Gasteiger partial charge in [0.05, 0.1) is 13.5 Å². The molecule has 0 aliphatic carbocycles. The molecule has 76 valence electrons.